The predicted octanol–water partition coefficient (Wildman–Crippen LogP) is 4.76. The van der Waals surface area contributed by atoms with Crippen LogP contribution in [0.1, 0.15) is 16.9 Å². The van der Waals surface area contributed by atoms with Crippen molar-refractivity contribution < 1.29 is 9.21 Å². The second kappa shape index (κ2) is 7.02. The summed E-state index contributed by atoms with van der Waals surface area (Å²) in [7, 11) is 0. The van der Waals surface area contributed by atoms with Crippen LogP contribution >= 0.6 is 11.6 Å². The molecule has 1 aliphatic rings. The average molecular weight is 363 g/mol. The number of carbonyl (C=O) groups excluding carboxylic acids is 1. The molecule has 5 heteroatoms. The number of carbonyl (C=O) groups is 1. The molecular formula is C21H15ClN2O2. The Morgan fingerprint density at radius 2 is 1.77 bits per heavy atom. The SMILES string of the molecule is O=C1/C(=C/c2ccc(Cl)cc2)N=C(c2ccccc2)N1Cc1ccco1. The highest BCUT2D eigenvalue weighted by Crippen LogP contribution is 2.24. The summed E-state index contributed by atoms with van der Waals surface area (Å²) >= 11 is 5.93. The normalized spacial score (nSPS) is 15.6. The van der Waals surface area contributed by atoms with E-state index < -0.39 is 0 Å². The third kappa shape index (κ3) is 3.32. The maximum Gasteiger partial charge on any atom is 0.278 e. The number of hydrogen-bond acceptors (Lipinski definition) is 3. The maximum atomic E-state index is 13.0. The largest absolute Gasteiger partial charge is 0.467 e. The Morgan fingerprint density at radius 3 is 2.46 bits per heavy atom. The molecule has 0 saturated heterocycles. The van der Waals surface area contributed by atoms with Crippen LogP contribution in [0.4, 0.5) is 0 Å². The Labute approximate surface area is 156 Å². The molecule has 0 radical (unpaired) electrons. The van der Waals surface area contributed by atoms with E-state index in [1.165, 1.54) is 0 Å². The number of halogens is 1. The molecule has 3 aromatic rings. The molecule has 2 heterocycles. The summed E-state index contributed by atoms with van der Waals surface area (Å²) in [5.74, 6) is 1.16. The summed E-state index contributed by atoms with van der Waals surface area (Å²) < 4.78 is 5.41. The van der Waals surface area contributed by atoms with E-state index in [1.807, 2.05) is 48.5 Å². The number of hydrogen-bond donors (Lipinski definition) is 0. The van der Waals surface area contributed by atoms with Crippen molar-refractivity contribution in [2.75, 3.05) is 0 Å². The molecule has 0 atom stereocenters. The van der Waals surface area contributed by atoms with Gasteiger partial charge in [-0.25, -0.2) is 4.99 Å². The number of amides is 1. The van der Waals surface area contributed by atoms with E-state index in [9.17, 15) is 4.79 Å². The van der Waals surface area contributed by atoms with Gasteiger partial charge in [-0.15, -0.1) is 0 Å². The Balaban J connectivity index is 1.73. The molecule has 0 fully saturated rings. The average Bonchev–Trinajstić information content (AvgIpc) is 3.28. The van der Waals surface area contributed by atoms with Gasteiger partial charge in [0.25, 0.3) is 5.91 Å². The smallest absolute Gasteiger partial charge is 0.278 e. The van der Waals surface area contributed by atoms with Crippen molar-refractivity contribution in [2.24, 2.45) is 4.99 Å². The Bertz CT molecular complexity index is 975. The minimum absolute atomic E-state index is 0.157. The van der Waals surface area contributed by atoms with Gasteiger partial charge in [0.15, 0.2) is 0 Å². The number of nitrogens with zero attached hydrogens (tertiary/aromatic N) is 2. The number of rotatable bonds is 4. The highest BCUT2D eigenvalue weighted by atomic mass is 35.5. The van der Waals surface area contributed by atoms with E-state index in [4.69, 9.17) is 16.0 Å². The minimum Gasteiger partial charge on any atom is -0.467 e. The van der Waals surface area contributed by atoms with E-state index in [0.717, 1.165) is 11.1 Å². The zero-order chi connectivity index (χ0) is 17.9. The molecule has 1 aromatic heterocycles. The standard InChI is InChI=1S/C21H15ClN2O2/c22-17-10-8-15(9-11-17)13-19-21(25)24(14-18-7-4-12-26-18)20(23-19)16-5-2-1-3-6-16/h1-13H,14H2/b19-13-. The maximum absolute atomic E-state index is 13.0. The van der Waals surface area contributed by atoms with Gasteiger partial charge in [0.2, 0.25) is 0 Å². The molecule has 0 unspecified atom stereocenters. The molecule has 2 aromatic carbocycles. The number of amidine groups is 1. The molecule has 4 nitrogen and oxygen atoms in total. The van der Waals surface area contributed by atoms with Gasteiger partial charge in [-0.2, -0.15) is 0 Å². The van der Waals surface area contributed by atoms with Crippen molar-refractivity contribution in [3.8, 4) is 0 Å². The zero-order valence-corrected chi connectivity index (χ0v) is 14.6. The zero-order valence-electron chi connectivity index (χ0n) is 13.8. The first-order valence-corrected chi connectivity index (χ1v) is 8.54. The fourth-order valence-electron chi connectivity index (χ4n) is 2.78. The molecule has 0 bridgehead atoms. The van der Waals surface area contributed by atoms with Crippen LogP contribution < -0.4 is 0 Å². The van der Waals surface area contributed by atoms with Crippen molar-refractivity contribution in [3.63, 3.8) is 0 Å². The van der Waals surface area contributed by atoms with Gasteiger partial charge in [-0.3, -0.25) is 9.69 Å². The summed E-state index contributed by atoms with van der Waals surface area (Å²) in [6, 6.07) is 20.6. The second-order valence-corrected chi connectivity index (χ2v) is 6.29. The van der Waals surface area contributed by atoms with E-state index >= 15 is 0 Å². The Kier molecular flexibility index (Phi) is 4.42. The highest BCUT2D eigenvalue weighted by molar-refractivity contribution is 6.30. The Morgan fingerprint density at radius 1 is 1.00 bits per heavy atom. The number of benzene rings is 2. The quantitative estimate of drug-likeness (QED) is 0.628. The van der Waals surface area contributed by atoms with E-state index in [-0.39, 0.29) is 5.91 Å². The van der Waals surface area contributed by atoms with Gasteiger partial charge in [-0.05, 0) is 35.9 Å². The fraction of sp³-hybridized carbons (Fsp3) is 0.0476. The van der Waals surface area contributed by atoms with Gasteiger partial charge < -0.3 is 4.42 Å². The van der Waals surface area contributed by atoms with E-state index in [1.54, 1.807) is 35.4 Å². The van der Waals surface area contributed by atoms with Crippen LogP contribution in [0, 0.1) is 0 Å². The first kappa shape index (κ1) is 16.4. The summed E-state index contributed by atoms with van der Waals surface area (Å²) in [6.45, 7) is 0.331. The van der Waals surface area contributed by atoms with Crippen LogP contribution in [0.25, 0.3) is 6.08 Å². The van der Waals surface area contributed by atoms with Crippen molar-refractivity contribution in [2.45, 2.75) is 6.54 Å². The molecule has 1 amide bonds. The summed E-state index contributed by atoms with van der Waals surface area (Å²) in [5.41, 5.74) is 2.14. The lowest BCUT2D eigenvalue weighted by molar-refractivity contribution is -0.123. The third-order valence-corrected chi connectivity index (χ3v) is 4.30. The first-order chi connectivity index (χ1) is 12.7. The molecule has 0 aliphatic carbocycles. The Hall–Kier alpha value is -3.11. The topological polar surface area (TPSA) is 45.8 Å². The van der Waals surface area contributed by atoms with Crippen molar-refractivity contribution in [3.05, 3.63) is 101 Å². The molecule has 0 spiro atoms. The third-order valence-electron chi connectivity index (χ3n) is 4.05. The van der Waals surface area contributed by atoms with Gasteiger partial charge in [0, 0.05) is 10.6 Å². The lowest BCUT2D eigenvalue weighted by Gasteiger charge is -2.16. The fourth-order valence-corrected chi connectivity index (χ4v) is 2.91. The minimum atomic E-state index is -0.157. The highest BCUT2D eigenvalue weighted by Gasteiger charge is 2.31. The van der Waals surface area contributed by atoms with Crippen LogP contribution in [0.15, 0.2) is 88.1 Å². The van der Waals surface area contributed by atoms with Gasteiger partial charge in [0.05, 0.1) is 12.8 Å². The number of aliphatic imine (C=N–C) groups is 1. The first-order valence-electron chi connectivity index (χ1n) is 8.16. The molecule has 128 valence electrons. The summed E-state index contributed by atoms with van der Waals surface area (Å²) in [4.78, 5) is 19.2. The lowest BCUT2D eigenvalue weighted by Crippen LogP contribution is -2.32. The molecular weight excluding hydrogens is 348 g/mol. The van der Waals surface area contributed by atoms with E-state index in [0.29, 0.717) is 28.9 Å². The van der Waals surface area contributed by atoms with Crippen LogP contribution in [0.5, 0.6) is 0 Å². The molecule has 0 N–H and O–H groups in total. The monoisotopic (exact) mass is 362 g/mol. The van der Waals surface area contributed by atoms with Gasteiger partial charge >= 0.3 is 0 Å². The van der Waals surface area contributed by atoms with Gasteiger partial charge in [-0.1, -0.05) is 54.1 Å². The molecule has 0 saturated carbocycles. The van der Waals surface area contributed by atoms with Crippen LogP contribution in [-0.2, 0) is 11.3 Å². The lowest BCUT2D eigenvalue weighted by atomic mass is 10.2. The van der Waals surface area contributed by atoms with Crippen LogP contribution in [0.3, 0.4) is 0 Å². The molecule has 1 aliphatic heterocycles. The predicted molar refractivity (Wildman–Crippen MR) is 102 cm³/mol. The van der Waals surface area contributed by atoms with Crippen LogP contribution in [0.2, 0.25) is 5.02 Å². The van der Waals surface area contributed by atoms with E-state index in [2.05, 4.69) is 4.99 Å². The van der Waals surface area contributed by atoms with Crippen LogP contribution in [-0.4, -0.2) is 16.6 Å². The van der Waals surface area contributed by atoms with Crippen molar-refractivity contribution >= 4 is 29.4 Å². The summed E-state index contributed by atoms with van der Waals surface area (Å²) in [5, 5.41) is 0.651. The summed E-state index contributed by atoms with van der Waals surface area (Å²) in [6.07, 6.45) is 3.36. The van der Waals surface area contributed by atoms with Crippen molar-refractivity contribution in [1.82, 2.24) is 4.90 Å². The number of furan rings is 1. The van der Waals surface area contributed by atoms with Gasteiger partial charge in [0.1, 0.15) is 17.3 Å². The molecule has 26 heavy (non-hydrogen) atoms. The second-order valence-electron chi connectivity index (χ2n) is 5.85. The van der Waals surface area contributed by atoms with Crippen molar-refractivity contribution in [1.29, 1.82) is 0 Å². The molecule has 4 rings (SSSR count).